The summed E-state index contributed by atoms with van der Waals surface area (Å²) in [5.74, 6) is 0.149. The van der Waals surface area contributed by atoms with E-state index in [1.807, 2.05) is 27.7 Å². The molecule has 1 aliphatic heterocycles. The van der Waals surface area contributed by atoms with E-state index in [-0.39, 0.29) is 23.9 Å². The lowest BCUT2D eigenvalue weighted by atomic mass is 9.67. The summed E-state index contributed by atoms with van der Waals surface area (Å²) in [6, 6.07) is 0. The summed E-state index contributed by atoms with van der Waals surface area (Å²) in [4.78, 5) is 26.1. The molecule has 1 saturated heterocycles. The number of carbonyl (C=O) groups excluding carboxylic acids is 2. The molecule has 21 heavy (non-hydrogen) atoms. The molecule has 1 fully saturated rings. The molecule has 5 heteroatoms. The van der Waals surface area contributed by atoms with Gasteiger partial charge in [-0.05, 0) is 46.0 Å². The van der Waals surface area contributed by atoms with E-state index in [9.17, 15) is 9.59 Å². The van der Waals surface area contributed by atoms with Gasteiger partial charge in [0.05, 0.1) is 12.5 Å². The monoisotopic (exact) mass is 299 g/mol. The van der Waals surface area contributed by atoms with E-state index in [0.717, 1.165) is 0 Å². The summed E-state index contributed by atoms with van der Waals surface area (Å²) in [5, 5.41) is 0. The van der Waals surface area contributed by atoms with Crippen LogP contribution in [0.5, 0.6) is 0 Å². The first-order chi connectivity index (χ1) is 9.51. The second-order valence-corrected chi connectivity index (χ2v) is 7.44. The zero-order chi connectivity index (χ0) is 16.4. The van der Waals surface area contributed by atoms with Gasteiger partial charge in [-0.3, -0.25) is 4.79 Å². The highest BCUT2D eigenvalue weighted by Gasteiger charge is 2.48. The first kappa shape index (κ1) is 17.8. The molecule has 0 saturated carbocycles. The number of hydrogen-bond donors (Lipinski definition) is 0. The topological polar surface area (TPSA) is 55.8 Å². The number of esters is 1. The quantitative estimate of drug-likeness (QED) is 0.735. The van der Waals surface area contributed by atoms with Gasteiger partial charge in [-0.15, -0.1) is 0 Å². The molecule has 0 spiro atoms. The van der Waals surface area contributed by atoms with Crippen molar-refractivity contribution in [2.24, 2.45) is 17.3 Å². The molecule has 0 aromatic carbocycles. The number of ether oxygens (including phenoxy) is 2. The van der Waals surface area contributed by atoms with Crippen LogP contribution in [-0.4, -0.2) is 42.8 Å². The largest absolute Gasteiger partial charge is 0.469 e. The Kier molecular flexibility index (Phi) is 5.29. The van der Waals surface area contributed by atoms with E-state index < -0.39 is 11.0 Å². The lowest BCUT2D eigenvalue weighted by molar-refractivity contribution is -0.160. The van der Waals surface area contributed by atoms with Crippen molar-refractivity contribution in [2.45, 2.75) is 53.6 Å². The molecular formula is C16H29NO4. The van der Waals surface area contributed by atoms with Crippen LogP contribution in [0.4, 0.5) is 4.79 Å². The van der Waals surface area contributed by atoms with Gasteiger partial charge in [0.1, 0.15) is 5.60 Å². The van der Waals surface area contributed by atoms with Crippen molar-refractivity contribution in [2.75, 3.05) is 20.2 Å². The summed E-state index contributed by atoms with van der Waals surface area (Å²) >= 11 is 0. The fourth-order valence-corrected chi connectivity index (χ4v) is 3.01. The molecule has 5 nitrogen and oxygen atoms in total. The van der Waals surface area contributed by atoms with Crippen molar-refractivity contribution in [3.05, 3.63) is 0 Å². The molecule has 1 aliphatic rings. The van der Waals surface area contributed by atoms with E-state index in [0.29, 0.717) is 19.5 Å². The molecule has 1 rings (SSSR count). The fraction of sp³-hybridized carbons (Fsp3) is 0.875. The van der Waals surface area contributed by atoms with Crippen molar-refractivity contribution in [1.29, 1.82) is 0 Å². The highest BCUT2D eigenvalue weighted by Crippen LogP contribution is 2.41. The van der Waals surface area contributed by atoms with Crippen molar-refractivity contribution in [3.8, 4) is 0 Å². The van der Waals surface area contributed by atoms with Crippen molar-refractivity contribution in [1.82, 2.24) is 4.90 Å². The summed E-state index contributed by atoms with van der Waals surface area (Å²) < 4.78 is 10.4. The van der Waals surface area contributed by atoms with Gasteiger partial charge in [-0.1, -0.05) is 13.8 Å². The molecule has 1 amide bonds. The Morgan fingerprint density at radius 2 is 1.86 bits per heavy atom. The van der Waals surface area contributed by atoms with Crippen molar-refractivity contribution < 1.29 is 19.1 Å². The maximum Gasteiger partial charge on any atom is 0.410 e. The number of likely N-dealkylation sites (tertiary alicyclic amines) is 1. The Morgan fingerprint density at radius 1 is 1.29 bits per heavy atom. The number of hydrogen-bond acceptors (Lipinski definition) is 4. The molecule has 1 heterocycles. The van der Waals surface area contributed by atoms with Gasteiger partial charge in [0.15, 0.2) is 0 Å². The lowest BCUT2D eigenvalue weighted by Gasteiger charge is -2.45. The maximum absolute atomic E-state index is 12.2. The van der Waals surface area contributed by atoms with Gasteiger partial charge in [0.2, 0.25) is 0 Å². The standard InChI is InChI=1S/C16H29NO4/c1-11(2)12-10-17(14(19)21-15(3,4)5)9-8-16(12,6)13(18)20-7/h11-12H,8-10H2,1-7H3. The first-order valence-electron chi connectivity index (χ1n) is 7.57. The summed E-state index contributed by atoms with van der Waals surface area (Å²) in [5.41, 5.74) is -1.05. The Hall–Kier alpha value is -1.26. The molecule has 0 bridgehead atoms. The van der Waals surface area contributed by atoms with E-state index >= 15 is 0 Å². The SMILES string of the molecule is COC(=O)C1(C)CCN(C(=O)OC(C)(C)C)CC1C(C)C. The van der Waals surface area contributed by atoms with Crippen LogP contribution in [0.2, 0.25) is 0 Å². The smallest absolute Gasteiger partial charge is 0.410 e. The van der Waals surface area contributed by atoms with Gasteiger partial charge < -0.3 is 14.4 Å². The third-order valence-corrected chi connectivity index (χ3v) is 4.24. The van der Waals surface area contributed by atoms with Gasteiger partial charge in [0, 0.05) is 13.1 Å². The fourth-order valence-electron chi connectivity index (χ4n) is 3.01. The van der Waals surface area contributed by atoms with E-state index in [2.05, 4.69) is 13.8 Å². The number of piperidine rings is 1. The van der Waals surface area contributed by atoms with E-state index in [1.54, 1.807) is 4.90 Å². The highest BCUT2D eigenvalue weighted by atomic mass is 16.6. The second-order valence-electron chi connectivity index (χ2n) is 7.44. The molecule has 2 atom stereocenters. The van der Waals surface area contributed by atoms with E-state index in [1.165, 1.54) is 7.11 Å². The number of carbonyl (C=O) groups is 2. The highest BCUT2D eigenvalue weighted by molar-refractivity contribution is 5.77. The van der Waals surface area contributed by atoms with Crippen LogP contribution >= 0.6 is 0 Å². The molecule has 0 aliphatic carbocycles. The average Bonchev–Trinajstić information content (AvgIpc) is 2.35. The van der Waals surface area contributed by atoms with Crippen LogP contribution in [0.25, 0.3) is 0 Å². The van der Waals surface area contributed by atoms with Crippen molar-refractivity contribution in [3.63, 3.8) is 0 Å². The molecule has 0 aromatic heterocycles. The first-order valence-corrected chi connectivity index (χ1v) is 7.57. The molecular weight excluding hydrogens is 270 g/mol. The number of methoxy groups -OCH3 is 1. The minimum atomic E-state index is -0.540. The second kappa shape index (κ2) is 6.24. The molecule has 0 radical (unpaired) electrons. The number of amides is 1. The Morgan fingerprint density at radius 3 is 2.29 bits per heavy atom. The van der Waals surface area contributed by atoms with Gasteiger partial charge in [-0.2, -0.15) is 0 Å². The Labute approximate surface area is 128 Å². The number of rotatable bonds is 2. The minimum Gasteiger partial charge on any atom is -0.469 e. The maximum atomic E-state index is 12.2. The van der Waals surface area contributed by atoms with E-state index in [4.69, 9.17) is 9.47 Å². The Balaban J connectivity index is 2.88. The third-order valence-electron chi connectivity index (χ3n) is 4.24. The summed E-state index contributed by atoms with van der Waals surface area (Å²) in [6.45, 7) is 12.7. The third kappa shape index (κ3) is 4.11. The van der Waals surface area contributed by atoms with Gasteiger partial charge in [0.25, 0.3) is 0 Å². The molecule has 0 aromatic rings. The predicted octanol–water partition coefficient (Wildman–Crippen LogP) is 3.08. The van der Waals surface area contributed by atoms with Crippen LogP contribution in [0, 0.1) is 17.3 Å². The van der Waals surface area contributed by atoms with Crippen LogP contribution < -0.4 is 0 Å². The van der Waals surface area contributed by atoms with Crippen LogP contribution in [0.1, 0.15) is 48.0 Å². The predicted molar refractivity (Wildman–Crippen MR) is 80.9 cm³/mol. The Bertz CT molecular complexity index is 400. The summed E-state index contributed by atoms with van der Waals surface area (Å²) in [6.07, 6.45) is 0.293. The number of nitrogens with zero attached hydrogens (tertiary/aromatic N) is 1. The van der Waals surface area contributed by atoms with Crippen LogP contribution in [0.3, 0.4) is 0 Å². The minimum absolute atomic E-state index is 0.0613. The summed E-state index contributed by atoms with van der Waals surface area (Å²) in [7, 11) is 1.42. The van der Waals surface area contributed by atoms with Gasteiger partial charge >= 0.3 is 12.1 Å². The molecule has 122 valence electrons. The average molecular weight is 299 g/mol. The lowest BCUT2D eigenvalue weighted by Crippen LogP contribution is -2.54. The molecule has 0 N–H and O–H groups in total. The normalized spacial score (nSPS) is 26.7. The van der Waals surface area contributed by atoms with Crippen LogP contribution in [0.15, 0.2) is 0 Å². The molecule has 2 unspecified atom stereocenters. The van der Waals surface area contributed by atoms with Crippen molar-refractivity contribution >= 4 is 12.1 Å². The zero-order valence-electron chi connectivity index (χ0n) is 14.4. The van der Waals surface area contributed by atoms with Crippen LogP contribution in [-0.2, 0) is 14.3 Å². The van der Waals surface area contributed by atoms with Gasteiger partial charge in [-0.25, -0.2) is 4.79 Å². The zero-order valence-corrected chi connectivity index (χ0v) is 14.4.